The molecular weight excluding hydrogens is 419 g/mol. The van der Waals surface area contributed by atoms with Crippen LogP contribution >= 0.6 is 23.5 Å². The number of halogens is 3. The molecule has 2 aromatic carbocycles. The molecule has 1 fully saturated rings. The molecule has 4 nitrogen and oxygen atoms in total. The van der Waals surface area contributed by atoms with Crippen LogP contribution in [-0.4, -0.2) is 38.4 Å². The van der Waals surface area contributed by atoms with E-state index < -0.39 is 18.0 Å². The normalized spacial score (nSPS) is 18.5. The quantitative estimate of drug-likeness (QED) is 0.625. The second-order valence-corrected chi connectivity index (χ2v) is 9.11. The smallest absolute Gasteiger partial charge is 0.344 e. The van der Waals surface area contributed by atoms with Crippen LogP contribution in [0.3, 0.4) is 0 Å². The molecule has 9 heteroatoms. The molecule has 4 rings (SSSR count). The summed E-state index contributed by atoms with van der Waals surface area (Å²) in [6.45, 7) is 0. The second kappa shape index (κ2) is 8.31. The first kappa shape index (κ1) is 20.2. The van der Waals surface area contributed by atoms with Crippen LogP contribution in [-0.2, 0) is 11.0 Å². The molecule has 0 saturated carbocycles. The predicted molar refractivity (Wildman–Crippen MR) is 111 cm³/mol. The number of amides is 1. The lowest BCUT2D eigenvalue weighted by Crippen LogP contribution is -2.38. The minimum atomic E-state index is -4.54. The molecule has 0 spiro atoms. The first-order valence-corrected chi connectivity index (χ1v) is 11.2. The number of H-pyrrole nitrogens is 1. The number of fused-ring (bicyclic) bond motifs is 1. The first-order valence-electron chi connectivity index (χ1n) is 9.03. The summed E-state index contributed by atoms with van der Waals surface area (Å²) in [5, 5.41) is 2.96. The number of hydrogen-bond donors (Lipinski definition) is 2. The molecule has 1 aromatic heterocycles. The highest BCUT2D eigenvalue weighted by Gasteiger charge is 2.35. The molecule has 2 heterocycles. The largest absolute Gasteiger partial charge is 0.449 e. The van der Waals surface area contributed by atoms with Crippen LogP contribution in [0.4, 0.5) is 13.2 Å². The Hall–Kier alpha value is -2.13. The van der Waals surface area contributed by atoms with Gasteiger partial charge in [0.05, 0.1) is 22.3 Å². The van der Waals surface area contributed by atoms with E-state index in [0.717, 1.165) is 22.8 Å². The van der Waals surface area contributed by atoms with E-state index in [9.17, 15) is 18.0 Å². The zero-order valence-electron chi connectivity index (χ0n) is 15.2. The van der Waals surface area contributed by atoms with Gasteiger partial charge in [-0.25, -0.2) is 4.98 Å². The van der Waals surface area contributed by atoms with Gasteiger partial charge < -0.3 is 10.3 Å². The monoisotopic (exact) mass is 437 g/mol. The second-order valence-electron chi connectivity index (χ2n) is 6.65. The minimum absolute atomic E-state index is 0.0586. The molecule has 3 aromatic rings. The van der Waals surface area contributed by atoms with Crippen LogP contribution in [0.15, 0.2) is 48.5 Å². The van der Waals surface area contributed by atoms with Gasteiger partial charge in [-0.1, -0.05) is 36.4 Å². The number of aromatic nitrogens is 2. The van der Waals surface area contributed by atoms with Crippen LogP contribution in [0.5, 0.6) is 0 Å². The van der Waals surface area contributed by atoms with E-state index in [2.05, 4.69) is 15.3 Å². The van der Waals surface area contributed by atoms with Gasteiger partial charge in [-0.3, -0.25) is 4.79 Å². The Morgan fingerprint density at radius 2 is 1.93 bits per heavy atom. The highest BCUT2D eigenvalue weighted by Crippen LogP contribution is 2.31. The number of imidazole rings is 1. The molecule has 2 unspecified atom stereocenters. The van der Waals surface area contributed by atoms with Gasteiger partial charge in [0.25, 0.3) is 0 Å². The van der Waals surface area contributed by atoms with Crippen LogP contribution in [0, 0.1) is 0 Å². The van der Waals surface area contributed by atoms with Gasteiger partial charge in [-0.2, -0.15) is 24.9 Å². The third kappa shape index (κ3) is 4.56. The van der Waals surface area contributed by atoms with Crippen LogP contribution in [0.1, 0.15) is 23.0 Å². The zero-order chi connectivity index (χ0) is 20.4. The molecule has 1 aliphatic heterocycles. The number of nitrogens with zero attached hydrogens (tertiary/aromatic N) is 1. The summed E-state index contributed by atoms with van der Waals surface area (Å²) in [4.78, 5) is 18.8. The lowest BCUT2D eigenvalue weighted by molar-refractivity contribution is -0.144. The predicted octanol–water partition coefficient (Wildman–Crippen LogP) is 4.64. The molecule has 1 aliphatic rings. The fraction of sp³-hybridized carbons (Fsp3) is 0.300. The van der Waals surface area contributed by atoms with Crippen molar-refractivity contribution in [2.24, 2.45) is 0 Å². The van der Waals surface area contributed by atoms with Crippen molar-refractivity contribution in [3.63, 3.8) is 0 Å². The van der Waals surface area contributed by atoms with E-state index in [1.165, 1.54) is 0 Å². The van der Waals surface area contributed by atoms with Gasteiger partial charge in [0.2, 0.25) is 11.7 Å². The summed E-state index contributed by atoms with van der Waals surface area (Å²) in [6, 6.07) is 13.8. The number of hydrogen-bond acceptors (Lipinski definition) is 4. The van der Waals surface area contributed by atoms with Crippen molar-refractivity contribution in [1.82, 2.24) is 15.3 Å². The number of rotatable bonds is 4. The third-order valence-electron chi connectivity index (χ3n) is 4.64. The van der Waals surface area contributed by atoms with E-state index in [-0.39, 0.29) is 22.2 Å². The molecule has 1 amide bonds. The van der Waals surface area contributed by atoms with Gasteiger partial charge >= 0.3 is 6.18 Å². The molecule has 29 heavy (non-hydrogen) atoms. The van der Waals surface area contributed by atoms with Crippen molar-refractivity contribution in [2.45, 2.75) is 17.5 Å². The van der Waals surface area contributed by atoms with Crippen LogP contribution in [0.2, 0.25) is 0 Å². The lowest BCUT2D eigenvalue weighted by atomic mass is 9.98. The highest BCUT2D eigenvalue weighted by molar-refractivity contribution is 8.07. The number of alkyl halides is 3. The Morgan fingerprint density at radius 3 is 2.62 bits per heavy atom. The Bertz CT molecular complexity index is 1000. The first-order chi connectivity index (χ1) is 13.9. The molecule has 0 aliphatic carbocycles. The molecule has 1 saturated heterocycles. The maximum atomic E-state index is 13.0. The van der Waals surface area contributed by atoms with Gasteiger partial charge in [-0.15, -0.1) is 11.8 Å². The SMILES string of the molecule is O=C(NC(c1ccccc1)c1ccc2nc(C(F)(F)F)[nH]c2c1)C1CSCCS1. The average Bonchev–Trinajstić information content (AvgIpc) is 3.17. The van der Waals surface area contributed by atoms with Crippen molar-refractivity contribution < 1.29 is 18.0 Å². The van der Waals surface area contributed by atoms with E-state index in [1.807, 2.05) is 30.3 Å². The van der Waals surface area contributed by atoms with Crippen molar-refractivity contribution in [3.8, 4) is 0 Å². The Kier molecular flexibility index (Phi) is 5.78. The summed E-state index contributed by atoms with van der Waals surface area (Å²) in [5.74, 6) is 1.64. The van der Waals surface area contributed by atoms with Gasteiger partial charge in [0.15, 0.2) is 0 Å². The van der Waals surface area contributed by atoms with Crippen molar-refractivity contribution in [2.75, 3.05) is 17.3 Å². The standard InChI is InChI=1S/C20H18F3N3OS2/c21-20(22,23)19-24-14-7-6-13(10-15(14)25-19)17(12-4-2-1-3-5-12)26-18(27)16-11-28-8-9-29-16/h1-7,10,16-17H,8-9,11H2,(H,24,25)(H,26,27). The van der Waals surface area contributed by atoms with E-state index in [1.54, 1.807) is 41.7 Å². The van der Waals surface area contributed by atoms with Crippen molar-refractivity contribution >= 4 is 40.5 Å². The number of carbonyl (C=O) groups excluding carboxylic acids is 1. The summed E-state index contributed by atoms with van der Waals surface area (Å²) in [5.41, 5.74) is 2.08. The lowest BCUT2D eigenvalue weighted by Gasteiger charge is -2.25. The molecule has 152 valence electrons. The number of aromatic amines is 1. The third-order valence-corrected chi connectivity index (χ3v) is 7.39. The zero-order valence-corrected chi connectivity index (χ0v) is 16.8. The fourth-order valence-electron chi connectivity index (χ4n) is 3.22. The summed E-state index contributed by atoms with van der Waals surface area (Å²) in [6.07, 6.45) is -4.54. The molecule has 2 N–H and O–H groups in total. The molecule has 0 bridgehead atoms. The Balaban J connectivity index is 1.68. The number of benzene rings is 2. The minimum Gasteiger partial charge on any atom is -0.344 e. The average molecular weight is 438 g/mol. The van der Waals surface area contributed by atoms with E-state index >= 15 is 0 Å². The van der Waals surface area contributed by atoms with Crippen LogP contribution in [0.25, 0.3) is 11.0 Å². The van der Waals surface area contributed by atoms with Gasteiger partial charge in [0.1, 0.15) is 0 Å². The van der Waals surface area contributed by atoms with E-state index in [4.69, 9.17) is 0 Å². The topological polar surface area (TPSA) is 57.8 Å². The van der Waals surface area contributed by atoms with Crippen LogP contribution < -0.4 is 5.32 Å². The molecule has 0 radical (unpaired) electrons. The molecule has 2 atom stereocenters. The summed E-state index contributed by atoms with van der Waals surface area (Å²) in [7, 11) is 0. The maximum absolute atomic E-state index is 13.0. The summed E-state index contributed by atoms with van der Waals surface area (Å²) >= 11 is 3.39. The summed E-state index contributed by atoms with van der Waals surface area (Å²) < 4.78 is 38.9. The Morgan fingerprint density at radius 1 is 1.14 bits per heavy atom. The fourth-order valence-corrected chi connectivity index (χ4v) is 5.79. The van der Waals surface area contributed by atoms with E-state index in [0.29, 0.717) is 5.56 Å². The maximum Gasteiger partial charge on any atom is 0.449 e. The van der Waals surface area contributed by atoms with Crippen molar-refractivity contribution in [3.05, 3.63) is 65.5 Å². The number of carbonyl (C=O) groups is 1. The van der Waals surface area contributed by atoms with Gasteiger partial charge in [-0.05, 0) is 23.3 Å². The highest BCUT2D eigenvalue weighted by atomic mass is 32.2. The Labute approximate surface area is 174 Å². The van der Waals surface area contributed by atoms with Gasteiger partial charge in [0, 0.05) is 17.3 Å². The number of thioether (sulfide) groups is 2. The van der Waals surface area contributed by atoms with Crippen molar-refractivity contribution in [1.29, 1.82) is 0 Å². The molecular formula is C20H18F3N3OS2. The number of nitrogens with one attached hydrogen (secondary N) is 2.